The van der Waals surface area contributed by atoms with Crippen LogP contribution in [0.4, 0.5) is 0 Å². The molecule has 2 atom stereocenters. The van der Waals surface area contributed by atoms with Crippen LogP contribution < -0.4 is 0 Å². The Labute approximate surface area is 100 Å². The van der Waals surface area contributed by atoms with Gasteiger partial charge in [-0.1, -0.05) is 39.8 Å². The van der Waals surface area contributed by atoms with Crippen molar-refractivity contribution in [1.29, 1.82) is 0 Å². The van der Waals surface area contributed by atoms with Gasteiger partial charge in [-0.3, -0.25) is 4.79 Å². The van der Waals surface area contributed by atoms with Gasteiger partial charge in [-0.05, 0) is 18.1 Å². The number of carbonyl (C=O) groups is 1. The zero-order valence-electron chi connectivity index (χ0n) is 11.3. The van der Waals surface area contributed by atoms with Crippen LogP contribution in [0.3, 0.4) is 0 Å². The van der Waals surface area contributed by atoms with E-state index in [4.69, 9.17) is 4.43 Å². The van der Waals surface area contributed by atoms with Crippen molar-refractivity contribution in [1.82, 2.24) is 0 Å². The Bertz CT molecular complexity index is 300. The summed E-state index contributed by atoms with van der Waals surface area (Å²) < 4.78 is 6.26. The predicted molar refractivity (Wildman–Crippen MR) is 70.0 cm³/mol. The van der Waals surface area contributed by atoms with Gasteiger partial charge in [0.25, 0.3) is 0 Å². The molecule has 16 heavy (non-hydrogen) atoms. The van der Waals surface area contributed by atoms with Crippen molar-refractivity contribution in [3.8, 4) is 0 Å². The van der Waals surface area contributed by atoms with E-state index in [2.05, 4.69) is 39.9 Å². The van der Waals surface area contributed by atoms with E-state index in [1.165, 1.54) is 0 Å². The molecule has 0 heterocycles. The van der Waals surface area contributed by atoms with Crippen molar-refractivity contribution in [2.24, 2.45) is 5.92 Å². The van der Waals surface area contributed by atoms with Crippen molar-refractivity contribution >= 4 is 14.1 Å². The summed E-state index contributed by atoms with van der Waals surface area (Å²) in [7, 11) is -1.77. The van der Waals surface area contributed by atoms with Gasteiger partial charge in [-0.2, -0.15) is 0 Å². The highest BCUT2D eigenvalue weighted by molar-refractivity contribution is 6.74. The number of hydrogen-bond donors (Lipinski definition) is 0. The third-order valence-corrected chi connectivity index (χ3v) is 8.36. The minimum Gasteiger partial charge on any atom is -0.410 e. The molecule has 92 valence electrons. The zero-order chi connectivity index (χ0) is 12.6. The monoisotopic (exact) mass is 240 g/mol. The van der Waals surface area contributed by atoms with Gasteiger partial charge < -0.3 is 4.43 Å². The van der Waals surface area contributed by atoms with Crippen LogP contribution in [0.2, 0.25) is 18.1 Å². The lowest BCUT2D eigenvalue weighted by Gasteiger charge is -2.40. The van der Waals surface area contributed by atoms with E-state index in [0.717, 1.165) is 0 Å². The Hall–Kier alpha value is -0.413. The Balaban J connectivity index is 2.78. The van der Waals surface area contributed by atoms with Gasteiger partial charge in [0.1, 0.15) is 5.78 Å². The minimum absolute atomic E-state index is 0.0119. The van der Waals surface area contributed by atoms with Crippen LogP contribution in [0, 0.1) is 5.92 Å². The molecule has 0 spiro atoms. The van der Waals surface area contributed by atoms with Crippen molar-refractivity contribution in [2.75, 3.05) is 0 Å². The molecule has 0 aromatic carbocycles. The van der Waals surface area contributed by atoms with Crippen molar-refractivity contribution < 1.29 is 9.22 Å². The molecule has 0 bridgehead atoms. The normalized spacial score (nSPS) is 27.2. The van der Waals surface area contributed by atoms with Crippen molar-refractivity contribution in [3.05, 3.63) is 12.2 Å². The number of allylic oxidation sites excluding steroid dienone is 1. The number of carbonyl (C=O) groups excluding carboxylic acids is 1. The van der Waals surface area contributed by atoms with Crippen molar-refractivity contribution in [2.45, 2.75) is 58.4 Å². The fraction of sp³-hybridized carbons (Fsp3) is 0.769. The lowest BCUT2D eigenvalue weighted by molar-refractivity contribution is -0.124. The molecule has 0 aromatic heterocycles. The van der Waals surface area contributed by atoms with Crippen LogP contribution in [0.5, 0.6) is 0 Å². The Morgan fingerprint density at radius 2 is 1.94 bits per heavy atom. The average molecular weight is 240 g/mol. The standard InChI is InChI=1S/C13H24O2Si/c1-10-11(14)8-7-9-12(10)15-16(5,6)13(2,3)4/h7,9-10,12H,8H2,1-6H3. The van der Waals surface area contributed by atoms with Gasteiger partial charge in [0.05, 0.1) is 6.10 Å². The summed E-state index contributed by atoms with van der Waals surface area (Å²) in [6, 6.07) is 0. The molecular weight excluding hydrogens is 216 g/mol. The van der Waals surface area contributed by atoms with Crippen LogP contribution in [-0.2, 0) is 9.22 Å². The highest BCUT2D eigenvalue weighted by Gasteiger charge is 2.40. The molecule has 2 nitrogen and oxygen atoms in total. The van der Waals surface area contributed by atoms with Gasteiger partial charge in [-0.15, -0.1) is 0 Å². The first-order chi connectivity index (χ1) is 7.15. The topological polar surface area (TPSA) is 26.3 Å². The highest BCUT2D eigenvalue weighted by atomic mass is 28.4. The lowest BCUT2D eigenvalue weighted by atomic mass is 9.92. The second-order valence-corrected chi connectivity index (χ2v) is 11.0. The summed E-state index contributed by atoms with van der Waals surface area (Å²) >= 11 is 0. The third-order valence-electron chi connectivity index (χ3n) is 3.88. The first-order valence-electron chi connectivity index (χ1n) is 6.02. The van der Waals surface area contributed by atoms with Crippen molar-refractivity contribution in [3.63, 3.8) is 0 Å². The SMILES string of the molecule is CC1C(=O)CC=CC1O[Si](C)(C)C(C)(C)C. The molecule has 0 saturated heterocycles. The highest BCUT2D eigenvalue weighted by Crippen LogP contribution is 2.38. The van der Waals surface area contributed by atoms with E-state index < -0.39 is 8.32 Å². The predicted octanol–water partition coefficient (Wildman–Crippen LogP) is 3.54. The Morgan fingerprint density at radius 1 is 1.38 bits per heavy atom. The summed E-state index contributed by atoms with van der Waals surface area (Å²) in [5.74, 6) is 0.310. The summed E-state index contributed by atoms with van der Waals surface area (Å²) in [6.45, 7) is 13.1. The fourth-order valence-electron chi connectivity index (χ4n) is 1.51. The molecule has 2 unspecified atom stereocenters. The molecule has 0 aliphatic heterocycles. The summed E-state index contributed by atoms with van der Waals surface area (Å²) in [5.41, 5.74) is 0. The minimum atomic E-state index is -1.77. The summed E-state index contributed by atoms with van der Waals surface area (Å²) in [6.07, 6.45) is 4.56. The first-order valence-corrected chi connectivity index (χ1v) is 8.93. The fourth-order valence-corrected chi connectivity index (χ4v) is 2.83. The quantitative estimate of drug-likeness (QED) is 0.545. The molecule has 0 saturated carbocycles. The molecule has 1 aliphatic carbocycles. The number of rotatable bonds is 2. The molecule has 0 fully saturated rings. The molecule has 1 rings (SSSR count). The van der Waals surface area contributed by atoms with Gasteiger partial charge in [0.15, 0.2) is 8.32 Å². The van der Waals surface area contributed by atoms with E-state index in [-0.39, 0.29) is 17.1 Å². The van der Waals surface area contributed by atoms with E-state index in [0.29, 0.717) is 12.2 Å². The second-order valence-electron chi connectivity index (χ2n) is 6.23. The maximum absolute atomic E-state index is 11.6. The number of ketones is 1. The van der Waals surface area contributed by atoms with Crippen LogP contribution in [0.15, 0.2) is 12.2 Å². The van der Waals surface area contributed by atoms with Gasteiger partial charge in [0.2, 0.25) is 0 Å². The number of Topliss-reactive ketones (excluding diaryl/α,β-unsaturated/α-hetero) is 1. The van der Waals surface area contributed by atoms with Gasteiger partial charge >= 0.3 is 0 Å². The average Bonchev–Trinajstić information content (AvgIpc) is 2.11. The largest absolute Gasteiger partial charge is 0.410 e. The smallest absolute Gasteiger partial charge is 0.192 e. The van der Waals surface area contributed by atoms with E-state index in [1.54, 1.807) is 0 Å². The number of hydrogen-bond acceptors (Lipinski definition) is 2. The third kappa shape index (κ3) is 2.83. The second kappa shape index (κ2) is 4.45. The van der Waals surface area contributed by atoms with Crippen LogP contribution >= 0.6 is 0 Å². The van der Waals surface area contributed by atoms with Crippen LogP contribution in [0.25, 0.3) is 0 Å². The maximum Gasteiger partial charge on any atom is 0.192 e. The first kappa shape index (κ1) is 13.7. The van der Waals surface area contributed by atoms with Crippen LogP contribution in [-0.4, -0.2) is 20.2 Å². The molecule has 1 aliphatic rings. The summed E-state index contributed by atoms with van der Waals surface area (Å²) in [5, 5.41) is 0.195. The van der Waals surface area contributed by atoms with Gasteiger partial charge in [-0.25, -0.2) is 0 Å². The van der Waals surface area contributed by atoms with Gasteiger partial charge in [0, 0.05) is 12.3 Å². The van der Waals surface area contributed by atoms with E-state index in [1.807, 2.05) is 13.0 Å². The molecule has 3 heteroatoms. The van der Waals surface area contributed by atoms with Crippen LogP contribution in [0.1, 0.15) is 34.1 Å². The molecule has 0 N–H and O–H groups in total. The molecule has 0 aromatic rings. The molecule has 0 amide bonds. The molecule has 0 radical (unpaired) electrons. The Morgan fingerprint density at radius 3 is 2.44 bits per heavy atom. The van der Waals surface area contributed by atoms with E-state index >= 15 is 0 Å². The summed E-state index contributed by atoms with van der Waals surface area (Å²) in [4.78, 5) is 11.6. The Kier molecular flexibility index (Phi) is 3.80. The maximum atomic E-state index is 11.6. The zero-order valence-corrected chi connectivity index (χ0v) is 12.3. The molecular formula is C13H24O2Si. The lowest BCUT2D eigenvalue weighted by Crippen LogP contribution is -2.46. The van der Waals surface area contributed by atoms with E-state index in [9.17, 15) is 4.79 Å².